The molecule has 1 aliphatic heterocycles. The van der Waals surface area contributed by atoms with Crippen molar-refractivity contribution in [3.8, 4) is 0 Å². The standard InChI is InChI=1S/C17H21N5O4/c1-9-12(16(25)21-17(26)18-9)6-15(24)22-5-3-4-11(8-22)13-7-14(23)20-10(2)19-13/h7,11H,3-6,8H2,1-2H3,(H,19,20,23)(H2,18,21,25,26). The Morgan fingerprint density at radius 1 is 1.23 bits per heavy atom. The summed E-state index contributed by atoms with van der Waals surface area (Å²) < 4.78 is 0. The average molecular weight is 359 g/mol. The van der Waals surface area contributed by atoms with E-state index in [1.54, 1.807) is 18.7 Å². The van der Waals surface area contributed by atoms with E-state index in [0.29, 0.717) is 30.3 Å². The van der Waals surface area contributed by atoms with Gasteiger partial charge in [0.2, 0.25) is 5.91 Å². The molecule has 138 valence electrons. The van der Waals surface area contributed by atoms with Crippen molar-refractivity contribution in [1.29, 1.82) is 0 Å². The predicted molar refractivity (Wildman–Crippen MR) is 94.3 cm³/mol. The van der Waals surface area contributed by atoms with Crippen LogP contribution in [0.25, 0.3) is 0 Å². The second-order valence-electron chi connectivity index (χ2n) is 6.62. The number of likely N-dealkylation sites (tertiary alicyclic amines) is 1. The third kappa shape index (κ3) is 3.81. The van der Waals surface area contributed by atoms with Gasteiger partial charge in [-0.25, -0.2) is 9.78 Å². The van der Waals surface area contributed by atoms with Crippen molar-refractivity contribution in [3.05, 3.63) is 60.0 Å². The highest BCUT2D eigenvalue weighted by Crippen LogP contribution is 2.25. The largest absolute Gasteiger partial charge is 0.342 e. The Balaban J connectivity index is 1.77. The molecule has 0 spiro atoms. The van der Waals surface area contributed by atoms with Crippen LogP contribution < -0.4 is 16.8 Å². The number of amides is 1. The first-order valence-electron chi connectivity index (χ1n) is 8.51. The van der Waals surface area contributed by atoms with Crippen LogP contribution in [0.1, 0.15) is 41.5 Å². The smallest absolute Gasteiger partial charge is 0.325 e. The number of carbonyl (C=O) groups is 1. The molecule has 3 rings (SSSR count). The minimum Gasteiger partial charge on any atom is -0.342 e. The molecule has 3 heterocycles. The van der Waals surface area contributed by atoms with Gasteiger partial charge in [-0.3, -0.25) is 19.4 Å². The molecule has 26 heavy (non-hydrogen) atoms. The summed E-state index contributed by atoms with van der Waals surface area (Å²) in [6.45, 7) is 4.37. The van der Waals surface area contributed by atoms with Crippen molar-refractivity contribution >= 4 is 5.91 Å². The number of nitrogens with zero attached hydrogens (tertiary/aromatic N) is 2. The third-order valence-electron chi connectivity index (χ3n) is 4.66. The summed E-state index contributed by atoms with van der Waals surface area (Å²) in [6.07, 6.45) is 1.56. The molecular formula is C17H21N5O4. The van der Waals surface area contributed by atoms with E-state index in [4.69, 9.17) is 0 Å². The van der Waals surface area contributed by atoms with Crippen LogP contribution >= 0.6 is 0 Å². The highest BCUT2D eigenvalue weighted by molar-refractivity contribution is 5.79. The molecule has 2 aromatic rings. The number of rotatable bonds is 3. The molecule has 0 saturated carbocycles. The normalized spacial score (nSPS) is 17.3. The number of hydrogen-bond acceptors (Lipinski definition) is 5. The number of aryl methyl sites for hydroxylation is 2. The Kier molecular flexibility index (Phi) is 4.88. The second kappa shape index (κ2) is 7.11. The Labute approximate surface area is 148 Å². The SMILES string of the molecule is Cc1nc(C2CCCN(C(=O)Cc3c(C)[nH]c(=O)[nH]c3=O)C2)cc(=O)[nH]1. The molecule has 1 atom stereocenters. The topological polar surface area (TPSA) is 132 Å². The van der Waals surface area contributed by atoms with Crippen molar-refractivity contribution in [3.63, 3.8) is 0 Å². The predicted octanol–water partition coefficient (Wildman–Crippen LogP) is -0.288. The number of aromatic nitrogens is 4. The lowest BCUT2D eigenvalue weighted by molar-refractivity contribution is -0.131. The van der Waals surface area contributed by atoms with Crippen molar-refractivity contribution in [2.45, 2.75) is 39.0 Å². The van der Waals surface area contributed by atoms with E-state index < -0.39 is 11.2 Å². The number of hydrogen-bond donors (Lipinski definition) is 3. The molecule has 0 radical (unpaired) electrons. The van der Waals surface area contributed by atoms with Crippen molar-refractivity contribution in [2.75, 3.05) is 13.1 Å². The van der Waals surface area contributed by atoms with Crippen LogP contribution in [0.15, 0.2) is 20.4 Å². The minimum atomic E-state index is -0.586. The van der Waals surface area contributed by atoms with Crippen LogP contribution in [0.3, 0.4) is 0 Å². The van der Waals surface area contributed by atoms with Gasteiger partial charge >= 0.3 is 5.69 Å². The maximum atomic E-state index is 12.7. The lowest BCUT2D eigenvalue weighted by Gasteiger charge is -2.32. The highest BCUT2D eigenvalue weighted by atomic mass is 16.2. The summed E-state index contributed by atoms with van der Waals surface area (Å²) in [5, 5.41) is 0. The van der Waals surface area contributed by atoms with Crippen LogP contribution in [0, 0.1) is 13.8 Å². The third-order valence-corrected chi connectivity index (χ3v) is 4.66. The van der Waals surface area contributed by atoms with Gasteiger partial charge < -0.3 is 14.9 Å². The van der Waals surface area contributed by atoms with Gasteiger partial charge in [0.15, 0.2) is 0 Å². The first-order chi connectivity index (χ1) is 12.3. The van der Waals surface area contributed by atoms with Gasteiger partial charge in [-0.05, 0) is 26.7 Å². The number of nitrogens with one attached hydrogen (secondary N) is 3. The van der Waals surface area contributed by atoms with Crippen molar-refractivity contribution < 1.29 is 4.79 Å². The number of aromatic amines is 3. The zero-order valence-electron chi connectivity index (χ0n) is 14.7. The molecule has 0 aliphatic carbocycles. The fourth-order valence-corrected chi connectivity index (χ4v) is 3.36. The molecule has 1 fully saturated rings. The summed E-state index contributed by atoms with van der Waals surface area (Å²) in [7, 11) is 0. The lowest BCUT2D eigenvalue weighted by Crippen LogP contribution is -2.41. The molecule has 3 N–H and O–H groups in total. The maximum Gasteiger partial charge on any atom is 0.325 e. The van der Waals surface area contributed by atoms with Gasteiger partial charge in [0.05, 0.1) is 12.1 Å². The molecule has 0 aromatic carbocycles. The number of H-pyrrole nitrogens is 3. The Hall–Kier alpha value is -2.97. The minimum absolute atomic E-state index is 0.0105. The molecule has 1 aliphatic rings. The molecule has 9 nitrogen and oxygen atoms in total. The Morgan fingerprint density at radius 3 is 2.69 bits per heavy atom. The lowest BCUT2D eigenvalue weighted by atomic mass is 9.94. The Bertz CT molecular complexity index is 1000. The van der Waals surface area contributed by atoms with Gasteiger partial charge in [0.1, 0.15) is 5.82 Å². The molecule has 1 unspecified atom stereocenters. The summed E-state index contributed by atoms with van der Waals surface area (Å²) in [5.41, 5.74) is 0.0140. The van der Waals surface area contributed by atoms with E-state index >= 15 is 0 Å². The van der Waals surface area contributed by atoms with Gasteiger partial charge in [-0.1, -0.05) is 0 Å². The van der Waals surface area contributed by atoms with Gasteiger partial charge in [-0.15, -0.1) is 0 Å². The van der Waals surface area contributed by atoms with Crippen molar-refractivity contribution in [2.24, 2.45) is 0 Å². The van der Waals surface area contributed by atoms with E-state index in [1.165, 1.54) is 6.07 Å². The second-order valence-corrected chi connectivity index (χ2v) is 6.62. The summed E-state index contributed by atoms with van der Waals surface area (Å²) >= 11 is 0. The van der Waals surface area contributed by atoms with Crippen LogP contribution in [-0.2, 0) is 11.2 Å². The zero-order valence-corrected chi connectivity index (χ0v) is 14.7. The molecule has 1 saturated heterocycles. The van der Waals surface area contributed by atoms with E-state index in [9.17, 15) is 19.2 Å². The average Bonchev–Trinajstić information content (AvgIpc) is 2.57. The maximum absolute atomic E-state index is 12.7. The molecule has 9 heteroatoms. The van der Waals surface area contributed by atoms with Crippen LogP contribution in [0.2, 0.25) is 0 Å². The monoisotopic (exact) mass is 359 g/mol. The fraction of sp³-hybridized carbons (Fsp3) is 0.471. The van der Waals surface area contributed by atoms with Crippen LogP contribution in [0.4, 0.5) is 0 Å². The molecule has 2 aromatic heterocycles. The van der Waals surface area contributed by atoms with Crippen molar-refractivity contribution in [1.82, 2.24) is 24.8 Å². The quantitative estimate of drug-likeness (QED) is 0.693. The Morgan fingerprint density at radius 2 is 2.00 bits per heavy atom. The van der Waals surface area contributed by atoms with E-state index in [2.05, 4.69) is 19.9 Å². The highest BCUT2D eigenvalue weighted by Gasteiger charge is 2.27. The first kappa shape index (κ1) is 17.8. The number of carbonyl (C=O) groups excluding carboxylic acids is 1. The van der Waals surface area contributed by atoms with E-state index in [0.717, 1.165) is 12.8 Å². The molecular weight excluding hydrogens is 338 g/mol. The van der Waals surface area contributed by atoms with E-state index in [1.807, 2.05) is 0 Å². The van der Waals surface area contributed by atoms with Gasteiger partial charge in [-0.2, -0.15) is 0 Å². The van der Waals surface area contributed by atoms with Gasteiger partial charge in [0.25, 0.3) is 11.1 Å². The first-order valence-corrected chi connectivity index (χ1v) is 8.51. The van der Waals surface area contributed by atoms with Crippen LogP contribution in [-0.4, -0.2) is 43.8 Å². The van der Waals surface area contributed by atoms with Crippen LogP contribution in [0.5, 0.6) is 0 Å². The zero-order chi connectivity index (χ0) is 18.8. The van der Waals surface area contributed by atoms with E-state index in [-0.39, 0.29) is 29.4 Å². The molecule has 1 amide bonds. The summed E-state index contributed by atoms with van der Waals surface area (Å²) in [5.74, 6) is 0.354. The van der Waals surface area contributed by atoms with Gasteiger partial charge in [0, 0.05) is 36.3 Å². The fourth-order valence-electron chi connectivity index (χ4n) is 3.36. The summed E-state index contributed by atoms with van der Waals surface area (Å²) in [4.78, 5) is 60.9. The summed E-state index contributed by atoms with van der Waals surface area (Å²) in [6, 6.07) is 1.47. The molecule has 0 bridgehead atoms. The number of piperidine rings is 1.